The molecule has 6 nitrogen and oxygen atoms in total. The fraction of sp³-hybridized carbons (Fsp3) is 0.500. The van der Waals surface area contributed by atoms with Gasteiger partial charge in [-0.15, -0.1) is 5.10 Å². The van der Waals surface area contributed by atoms with Crippen LogP contribution in [0.1, 0.15) is 30.9 Å². The van der Waals surface area contributed by atoms with Crippen LogP contribution in [0.25, 0.3) is 5.69 Å². The number of thioether (sulfide) groups is 1. The number of carbonyl (C=O) groups is 1. The molecule has 2 heterocycles. The van der Waals surface area contributed by atoms with Gasteiger partial charge in [0.05, 0.1) is 10.9 Å². The van der Waals surface area contributed by atoms with Crippen LogP contribution in [-0.2, 0) is 4.79 Å². The average molecular weight is 331 g/mol. The van der Waals surface area contributed by atoms with Crippen LogP contribution in [0.4, 0.5) is 0 Å². The second kappa shape index (κ2) is 6.70. The van der Waals surface area contributed by atoms with E-state index >= 15 is 0 Å². The minimum Gasteiger partial charge on any atom is -0.342 e. The summed E-state index contributed by atoms with van der Waals surface area (Å²) in [4.78, 5) is 14.4. The van der Waals surface area contributed by atoms with E-state index in [1.165, 1.54) is 17.3 Å². The third-order valence-electron chi connectivity index (χ3n) is 4.07. The summed E-state index contributed by atoms with van der Waals surface area (Å²) in [5, 5.41) is 12.4. The van der Waals surface area contributed by atoms with Crippen molar-refractivity contribution in [2.24, 2.45) is 0 Å². The van der Waals surface area contributed by atoms with Gasteiger partial charge < -0.3 is 4.90 Å². The second-order valence-corrected chi connectivity index (χ2v) is 7.26. The first-order chi connectivity index (χ1) is 11.1. The predicted octanol–water partition coefficient (Wildman–Crippen LogP) is 2.38. The lowest BCUT2D eigenvalue weighted by Crippen LogP contribution is -2.34. The van der Waals surface area contributed by atoms with Crippen molar-refractivity contribution < 1.29 is 4.79 Å². The summed E-state index contributed by atoms with van der Waals surface area (Å²) in [6.45, 7) is 7.75. The van der Waals surface area contributed by atoms with Gasteiger partial charge in [-0.3, -0.25) is 4.79 Å². The average Bonchev–Trinajstić information content (AvgIpc) is 3.18. The molecule has 122 valence electrons. The fourth-order valence-electron chi connectivity index (χ4n) is 2.85. The number of likely N-dealkylation sites (tertiary alicyclic amines) is 1. The molecule has 1 amide bonds. The number of benzene rings is 1. The molecule has 1 atom stereocenters. The van der Waals surface area contributed by atoms with Gasteiger partial charge in [0.2, 0.25) is 11.1 Å². The summed E-state index contributed by atoms with van der Waals surface area (Å²) in [5.41, 5.74) is 3.26. The van der Waals surface area contributed by atoms with Crippen LogP contribution in [0.15, 0.2) is 23.4 Å². The van der Waals surface area contributed by atoms with Crippen molar-refractivity contribution in [3.63, 3.8) is 0 Å². The molecule has 2 aromatic rings. The molecule has 0 N–H and O–H groups in total. The molecule has 0 saturated carbocycles. The molecule has 7 heteroatoms. The molecule has 1 saturated heterocycles. The third kappa shape index (κ3) is 3.39. The van der Waals surface area contributed by atoms with Gasteiger partial charge in [-0.25, -0.2) is 0 Å². The highest BCUT2D eigenvalue weighted by molar-refractivity contribution is 8.00. The van der Waals surface area contributed by atoms with Gasteiger partial charge in [0.25, 0.3) is 0 Å². The van der Waals surface area contributed by atoms with Gasteiger partial charge in [-0.1, -0.05) is 29.5 Å². The van der Waals surface area contributed by atoms with Gasteiger partial charge in [-0.2, -0.15) is 4.68 Å². The highest BCUT2D eigenvalue weighted by atomic mass is 32.2. The van der Waals surface area contributed by atoms with Crippen LogP contribution >= 0.6 is 11.8 Å². The molecule has 1 aromatic heterocycles. The van der Waals surface area contributed by atoms with E-state index in [1.807, 2.05) is 30.9 Å². The molecule has 3 rings (SSSR count). The zero-order valence-corrected chi connectivity index (χ0v) is 14.5. The van der Waals surface area contributed by atoms with E-state index in [0.717, 1.165) is 37.2 Å². The van der Waals surface area contributed by atoms with Crippen molar-refractivity contribution in [2.45, 2.75) is 44.0 Å². The van der Waals surface area contributed by atoms with Crippen LogP contribution in [0.3, 0.4) is 0 Å². The fourth-order valence-corrected chi connectivity index (χ4v) is 3.73. The third-order valence-corrected chi connectivity index (χ3v) is 5.09. The Morgan fingerprint density at radius 3 is 2.70 bits per heavy atom. The number of hydrogen-bond donors (Lipinski definition) is 0. The lowest BCUT2D eigenvalue weighted by molar-refractivity contribution is -0.129. The monoisotopic (exact) mass is 331 g/mol. The topological polar surface area (TPSA) is 63.9 Å². The molecule has 1 aliphatic heterocycles. The molecule has 0 spiro atoms. The van der Waals surface area contributed by atoms with Crippen LogP contribution in [0.5, 0.6) is 0 Å². The Hall–Kier alpha value is -1.89. The normalized spacial score (nSPS) is 15.9. The largest absolute Gasteiger partial charge is 0.342 e. The number of aryl methyl sites for hydroxylation is 2. The van der Waals surface area contributed by atoms with Crippen molar-refractivity contribution in [1.82, 2.24) is 25.1 Å². The summed E-state index contributed by atoms with van der Waals surface area (Å²) in [5.74, 6) is 0.169. The zero-order valence-electron chi connectivity index (χ0n) is 13.7. The summed E-state index contributed by atoms with van der Waals surface area (Å²) >= 11 is 1.42. The predicted molar refractivity (Wildman–Crippen MR) is 89.8 cm³/mol. The Labute approximate surface area is 140 Å². The minimum atomic E-state index is -0.191. The Bertz CT molecular complexity index is 708. The van der Waals surface area contributed by atoms with Crippen molar-refractivity contribution in [1.29, 1.82) is 0 Å². The molecular formula is C16H21N5OS. The van der Waals surface area contributed by atoms with Crippen molar-refractivity contribution in [3.05, 3.63) is 29.3 Å². The second-order valence-electron chi connectivity index (χ2n) is 5.96. The molecule has 1 unspecified atom stereocenters. The Kier molecular flexibility index (Phi) is 4.66. The number of aromatic nitrogens is 4. The summed E-state index contributed by atoms with van der Waals surface area (Å²) in [6.07, 6.45) is 2.20. The zero-order chi connectivity index (χ0) is 16.4. The smallest absolute Gasteiger partial charge is 0.235 e. The lowest BCUT2D eigenvalue weighted by atomic mass is 10.1. The van der Waals surface area contributed by atoms with Crippen molar-refractivity contribution >= 4 is 17.7 Å². The van der Waals surface area contributed by atoms with E-state index in [4.69, 9.17) is 0 Å². The van der Waals surface area contributed by atoms with Crippen LogP contribution in [-0.4, -0.2) is 49.4 Å². The van der Waals surface area contributed by atoms with Gasteiger partial charge in [0.1, 0.15) is 0 Å². The lowest BCUT2D eigenvalue weighted by Gasteiger charge is -2.19. The van der Waals surface area contributed by atoms with Gasteiger partial charge in [0.15, 0.2) is 0 Å². The summed E-state index contributed by atoms with van der Waals surface area (Å²) in [7, 11) is 0. The first kappa shape index (κ1) is 16.0. The number of hydrogen-bond acceptors (Lipinski definition) is 5. The molecule has 0 bridgehead atoms. The molecule has 1 aliphatic rings. The standard InChI is InChI=1S/C16H21N5OS/c1-11-6-7-14(12(2)10-11)21-16(17-18-19-21)23-13(3)15(22)20-8-4-5-9-20/h6-7,10,13H,4-5,8-9H2,1-3H3. The maximum atomic E-state index is 12.5. The number of amides is 1. The Morgan fingerprint density at radius 1 is 1.26 bits per heavy atom. The quantitative estimate of drug-likeness (QED) is 0.805. The summed E-state index contributed by atoms with van der Waals surface area (Å²) < 4.78 is 1.72. The van der Waals surface area contributed by atoms with Gasteiger partial charge in [-0.05, 0) is 55.7 Å². The highest BCUT2D eigenvalue weighted by Gasteiger charge is 2.26. The molecule has 0 aliphatic carbocycles. The molecular weight excluding hydrogens is 310 g/mol. The van der Waals surface area contributed by atoms with Gasteiger partial charge in [0, 0.05) is 13.1 Å². The van der Waals surface area contributed by atoms with Crippen LogP contribution in [0, 0.1) is 13.8 Å². The SMILES string of the molecule is Cc1ccc(-n2nnnc2SC(C)C(=O)N2CCCC2)c(C)c1. The van der Waals surface area contributed by atoms with E-state index < -0.39 is 0 Å². The van der Waals surface area contributed by atoms with E-state index in [1.54, 1.807) is 4.68 Å². The Morgan fingerprint density at radius 2 is 2.00 bits per heavy atom. The molecule has 23 heavy (non-hydrogen) atoms. The first-order valence-electron chi connectivity index (χ1n) is 7.87. The summed E-state index contributed by atoms with van der Waals surface area (Å²) in [6, 6.07) is 6.15. The first-order valence-corrected chi connectivity index (χ1v) is 8.75. The van der Waals surface area contributed by atoms with E-state index in [0.29, 0.717) is 5.16 Å². The van der Waals surface area contributed by atoms with E-state index in [2.05, 4.69) is 28.5 Å². The Balaban J connectivity index is 1.79. The van der Waals surface area contributed by atoms with E-state index in [-0.39, 0.29) is 11.2 Å². The number of tetrazole rings is 1. The van der Waals surface area contributed by atoms with Crippen LogP contribution < -0.4 is 0 Å². The maximum absolute atomic E-state index is 12.5. The molecule has 1 fully saturated rings. The number of rotatable bonds is 4. The van der Waals surface area contributed by atoms with Gasteiger partial charge >= 0.3 is 0 Å². The molecule has 0 radical (unpaired) electrons. The van der Waals surface area contributed by atoms with Crippen molar-refractivity contribution in [2.75, 3.05) is 13.1 Å². The highest BCUT2D eigenvalue weighted by Crippen LogP contribution is 2.26. The van der Waals surface area contributed by atoms with E-state index in [9.17, 15) is 4.79 Å². The number of carbonyl (C=O) groups excluding carboxylic acids is 1. The van der Waals surface area contributed by atoms with Crippen molar-refractivity contribution in [3.8, 4) is 5.69 Å². The number of nitrogens with zero attached hydrogens (tertiary/aromatic N) is 5. The van der Waals surface area contributed by atoms with Crippen LogP contribution in [0.2, 0.25) is 0 Å². The minimum absolute atomic E-state index is 0.169. The maximum Gasteiger partial charge on any atom is 0.235 e. The molecule has 1 aromatic carbocycles.